The van der Waals surface area contributed by atoms with Gasteiger partial charge in [-0.15, -0.1) is 0 Å². The standard InChI is InChI=1S/C10H16N2O2/c1-9(2)5-7-8(10(3,4)6-9)12(13)14-11-7/h5-6H2,1-4H3. The number of nitrogens with zero attached hydrogens (tertiary/aromatic N) is 2. The summed E-state index contributed by atoms with van der Waals surface area (Å²) in [6, 6.07) is 0. The molecule has 0 fully saturated rings. The van der Waals surface area contributed by atoms with Crippen molar-refractivity contribution in [3.8, 4) is 0 Å². The van der Waals surface area contributed by atoms with E-state index in [1.165, 1.54) is 0 Å². The van der Waals surface area contributed by atoms with Gasteiger partial charge < -0.3 is 5.21 Å². The Morgan fingerprint density at radius 2 is 2.00 bits per heavy atom. The van der Waals surface area contributed by atoms with Gasteiger partial charge in [0.1, 0.15) is 0 Å². The van der Waals surface area contributed by atoms with Gasteiger partial charge in [0.25, 0.3) is 0 Å². The Hall–Kier alpha value is -1.06. The highest BCUT2D eigenvalue weighted by atomic mass is 16.8. The van der Waals surface area contributed by atoms with Crippen LogP contribution in [0.4, 0.5) is 0 Å². The quantitative estimate of drug-likeness (QED) is 0.592. The molecule has 0 bridgehead atoms. The fraction of sp³-hybridized carbons (Fsp3) is 0.800. The Bertz CT molecular complexity index is 366. The summed E-state index contributed by atoms with van der Waals surface area (Å²) in [5.41, 5.74) is 1.58. The maximum Gasteiger partial charge on any atom is 0.222 e. The van der Waals surface area contributed by atoms with Crippen LogP contribution < -0.4 is 4.90 Å². The zero-order chi connectivity index (χ0) is 10.6. The largest absolute Gasteiger partial charge is 0.359 e. The first-order valence-corrected chi connectivity index (χ1v) is 4.91. The van der Waals surface area contributed by atoms with E-state index in [0.29, 0.717) is 10.6 Å². The van der Waals surface area contributed by atoms with Crippen LogP contribution in [0.25, 0.3) is 0 Å². The zero-order valence-electron chi connectivity index (χ0n) is 9.13. The Morgan fingerprint density at radius 3 is 2.64 bits per heavy atom. The first-order valence-electron chi connectivity index (χ1n) is 4.91. The fourth-order valence-electron chi connectivity index (χ4n) is 2.83. The molecule has 14 heavy (non-hydrogen) atoms. The normalized spacial score (nSPS) is 23.1. The molecule has 4 heteroatoms. The van der Waals surface area contributed by atoms with Crippen LogP contribution >= 0.6 is 0 Å². The van der Waals surface area contributed by atoms with Crippen molar-refractivity contribution in [1.82, 2.24) is 5.16 Å². The molecule has 0 amide bonds. The van der Waals surface area contributed by atoms with Crippen molar-refractivity contribution < 1.29 is 9.53 Å². The van der Waals surface area contributed by atoms with Gasteiger partial charge in [0.05, 0.1) is 0 Å². The Balaban J connectivity index is 2.55. The number of hydrogen-bond acceptors (Lipinski definition) is 3. The third-order valence-electron chi connectivity index (χ3n) is 2.89. The lowest BCUT2D eigenvalue weighted by Crippen LogP contribution is -2.43. The van der Waals surface area contributed by atoms with E-state index in [1.54, 1.807) is 0 Å². The molecule has 0 saturated carbocycles. The molecule has 78 valence electrons. The summed E-state index contributed by atoms with van der Waals surface area (Å²) in [6.45, 7) is 8.53. The zero-order valence-corrected chi connectivity index (χ0v) is 9.13. The van der Waals surface area contributed by atoms with Gasteiger partial charge in [0.2, 0.25) is 11.4 Å². The molecular formula is C10H16N2O2. The minimum absolute atomic E-state index is 0.140. The molecule has 0 N–H and O–H groups in total. The third-order valence-corrected chi connectivity index (χ3v) is 2.89. The van der Waals surface area contributed by atoms with Crippen molar-refractivity contribution in [3.05, 3.63) is 16.6 Å². The van der Waals surface area contributed by atoms with E-state index in [9.17, 15) is 5.21 Å². The maximum atomic E-state index is 11.4. The molecule has 0 aromatic carbocycles. The smallest absolute Gasteiger partial charge is 0.222 e. The highest BCUT2D eigenvalue weighted by Crippen LogP contribution is 2.43. The van der Waals surface area contributed by atoms with Crippen LogP contribution in [0.5, 0.6) is 0 Å². The van der Waals surface area contributed by atoms with Gasteiger partial charge >= 0.3 is 0 Å². The molecule has 0 radical (unpaired) electrons. The van der Waals surface area contributed by atoms with Gasteiger partial charge in [-0.1, -0.05) is 27.7 Å². The van der Waals surface area contributed by atoms with Crippen LogP contribution in [0.15, 0.2) is 4.63 Å². The summed E-state index contributed by atoms with van der Waals surface area (Å²) in [5, 5.41) is 15.2. The van der Waals surface area contributed by atoms with E-state index in [-0.39, 0.29) is 10.8 Å². The van der Waals surface area contributed by atoms with Gasteiger partial charge in [0.15, 0.2) is 0 Å². The van der Waals surface area contributed by atoms with Gasteiger partial charge in [-0.05, 0) is 16.7 Å². The van der Waals surface area contributed by atoms with E-state index in [2.05, 4.69) is 37.5 Å². The summed E-state index contributed by atoms with van der Waals surface area (Å²) in [7, 11) is 0. The second kappa shape index (κ2) is 2.49. The van der Waals surface area contributed by atoms with Gasteiger partial charge in [-0.3, -0.25) is 4.63 Å². The Kier molecular flexibility index (Phi) is 1.69. The molecule has 0 saturated heterocycles. The van der Waals surface area contributed by atoms with Gasteiger partial charge in [-0.2, -0.15) is 0 Å². The van der Waals surface area contributed by atoms with Gasteiger partial charge in [-0.25, -0.2) is 0 Å². The minimum Gasteiger partial charge on any atom is -0.359 e. The number of hydrogen-bond donors (Lipinski definition) is 0. The maximum absolute atomic E-state index is 11.4. The van der Waals surface area contributed by atoms with E-state index < -0.39 is 0 Å². The number of aromatic nitrogens is 2. The van der Waals surface area contributed by atoms with Crippen LogP contribution in [0.1, 0.15) is 45.5 Å². The van der Waals surface area contributed by atoms with Crippen molar-refractivity contribution in [1.29, 1.82) is 0 Å². The topological polar surface area (TPSA) is 53.0 Å². The third kappa shape index (κ3) is 1.29. The molecule has 1 aliphatic rings. The molecular weight excluding hydrogens is 180 g/mol. The summed E-state index contributed by atoms with van der Waals surface area (Å²) in [4.78, 5) is 0.560. The summed E-state index contributed by atoms with van der Waals surface area (Å²) >= 11 is 0. The second-order valence-corrected chi connectivity index (χ2v) is 5.63. The van der Waals surface area contributed by atoms with E-state index in [0.717, 1.165) is 18.5 Å². The van der Waals surface area contributed by atoms with Crippen LogP contribution in [-0.4, -0.2) is 5.16 Å². The monoisotopic (exact) mass is 196 g/mol. The average molecular weight is 196 g/mol. The van der Waals surface area contributed by atoms with Crippen molar-refractivity contribution in [2.24, 2.45) is 5.41 Å². The molecule has 1 aromatic rings. The van der Waals surface area contributed by atoms with Crippen molar-refractivity contribution in [2.45, 2.75) is 46.0 Å². The average Bonchev–Trinajstić information content (AvgIpc) is 2.26. The molecule has 1 aromatic heterocycles. The lowest BCUT2D eigenvalue weighted by atomic mass is 9.66. The molecule has 4 nitrogen and oxygen atoms in total. The Labute approximate surface area is 83.4 Å². The van der Waals surface area contributed by atoms with Crippen molar-refractivity contribution in [2.75, 3.05) is 0 Å². The molecule has 0 aliphatic heterocycles. The molecule has 0 unspecified atom stereocenters. The highest BCUT2D eigenvalue weighted by molar-refractivity contribution is 5.21. The van der Waals surface area contributed by atoms with Gasteiger partial charge in [0, 0.05) is 17.0 Å². The lowest BCUT2D eigenvalue weighted by Gasteiger charge is -2.36. The summed E-state index contributed by atoms with van der Waals surface area (Å²) in [6.07, 6.45) is 1.81. The first kappa shape index (κ1) is 9.49. The minimum atomic E-state index is -0.140. The molecule has 0 spiro atoms. The van der Waals surface area contributed by atoms with Crippen LogP contribution in [0, 0.1) is 10.6 Å². The Morgan fingerprint density at radius 1 is 1.36 bits per heavy atom. The lowest BCUT2D eigenvalue weighted by molar-refractivity contribution is -0.810. The highest BCUT2D eigenvalue weighted by Gasteiger charge is 2.45. The van der Waals surface area contributed by atoms with Crippen molar-refractivity contribution in [3.63, 3.8) is 0 Å². The molecule has 2 rings (SSSR count). The fourth-order valence-corrected chi connectivity index (χ4v) is 2.83. The van der Waals surface area contributed by atoms with E-state index in [1.807, 2.05) is 0 Å². The van der Waals surface area contributed by atoms with E-state index in [4.69, 9.17) is 0 Å². The predicted octanol–water partition coefficient (Wildman–Crippen LogP) is 1.56. The number of fused-ring (bicyclic) bond motifs is 1. The molecule has 0 atom stereocenters. The SMILES string of the molecule is CC1(C)Cc2no[n+]([O-])c2C(C)(C)C1. The second-order valence-electron chi connectivity index (χ2n) is 5.63. The molecule has 1 heterocycles. The predicted molar refractivity (Wildman–Crippen MR) is 50.6 cm³/mol. The van der Waals surface area contributed by atoms with E-state index >= 15 is 0 Å². The molecule has 1 aliphatic carbocycles. The van der Waals surface area contributed by atoms with Crippen molar-refractivity contribution >= 4 is 0 Å². The first-order chi connectivity index (χ1) is 6.32. The van der Waals surface area contributed by atoms with Crippen LogP contribution in [0.2, 0.25) is 0 Å². The summed E-state index contributed by atoms with van der Waals surface area (Å²) in [5.74, 6) is 0. The van der Waals surface area contributed by atoms with Crippen LogP contribution in [0.3, 0.4) is 0 Å². The summed E-state index contributed by atoms with van der Waals surface area (Å²) < 4.78 is 4.66. The number of rotatable bonds is 0. The van der Waals surface area contributed by atoms with Crippen LogP contribution in [-0.2, 0) is 11.8 Å².